The Balaban J connectivity index is 2.05. The summed E-state index contributed by atoms with van der Waals surface area (Å²) in [7, 11) is -10.3. The normalized spacial score (nSPS) is 32.8. The number of hydrogen-bond donors (Lipinski definition) is 9. The van der Waals surface area contributed by atoms with Crippen molar-refractivity contribution < 1.29 is 55.1 Å². The second-order valence-corrected chi connectivity index (χ2v) is 8.44. The molecule has 19 nitrogen and oxygen atoms in total. The molecule has 0 saturated carbocycles. The predicted octanol–water partition coefficient (Wildman–Crippen LogP) is -5.35. The molecule has 3 aliphatic rings. The summed E-state index contributed by atoms with van der Waals surface area (Å²) in [6, 6.07) is -1.84. The van der Waals surface area contributed by atoms with Gasteiger partial charge in [-0.1, -0.05) is 0 Å². The molecular formula is C9H15N7O12S2. The van der Waals surface area contributed by atoms with Crippen molar-refractivity contribution in [3.05, 3.63) is 0 Å². The van der Waals surface area contributed by atoms with Gasteiger partial charge in [0, 0.05) is 0 Å². The van der Waals surface area contributed by atoms with Crippen molar-refractivity contribution in [1.82, 2.24) is 20.0 Å². The Morgan fingerprint density at radius 1 is 1.33 bits per heavy atom. The van der Waals surface area contributed by atoms with Crippen LogP contribution in [-0.4, -0.2) is 106 Å². The van der Waals surface area contributed by atoms with Crippen molar-refractivity contribution in [1.29, 1.82) is 5.41 Å². The van der Waals surface area contributed by atoms with Crippen LogP contribution in [0.2, 0.25) is 0 Å². The highest BCUT2D eigenvalue weighted by Crippen LogP contribution is 2.47. The van der Waals surface area contributed by atoms with Gasteiger partial charge in [0.1, 0.15) is 0 Å². The van der Waals surface area contributed by atoms with Gasteiger partial charge in [0.05, 0.1) is 6.54 Å². The van der Waals surface area contributed by atoms with Gasteiger partial charge in [0.2, 0.25) is 23.6 Å². The van der Waals surface area contributed by atoms with Crippen LogP contribution >= 0.6 is 0 Å². The van der Waals surface area contributed by atoms with E-state index in [9.17, 15) is 37.1 Å². The van der Waals surface area contributed by atoms with Crippen LogP contribution in [0.5, 0.6) is 0 Å². The smallest absolute Gasteiger partial charge is 0.420 e. The third-order valence-corrected chi connectivity index (χ3v) is 5.37. The van der Waals surface area contributed by atoms with Crippen LogP contribution in [0.3, 0.4) is 0 Å². The third kappa shape index (κ3) is 3.35. The molecule has 2 fully saturated rings. The fraction of sp³-hybridized carbons (Fsp3) is 0.667. The monoisotopic (exact) mass is 477 g/mol. The number of carbonyl (C=O) groups is 1. The minimum atomic E-state index is -5.23. The summed E-state index contributed by atoms with van der Waals surface area (Å²) in [5.74, 6) is -4.88. The van der Waals surface area contributed by atoms with Gasteiger partial charge < -0.3 is 30.9 Å². The first-order valence-corrected chi connectivity index (χ1v) is 10.3. The number of aliphatic hydroxyl groups is 2. The molecule has 0 aromatic rings. The van der Waals surface area contributed by atoms with Crippen molar-refractivity contribution in [2.45, 2.75) is 29.8 Å². The highest BCUT2D eigenvalue weighted by atomic mass is 32.3. The molecule has 0 bridgehead atoms. The Bertz CT molecular complexity index is 1030. The van der Waals surface area contributed by atoms with Crippen LogP contribution in [0.4, 0.5) is 4.79 Å². The first-order valence-electron chi connectivity index (χ1n) is 7.51. The zero-order valence-corrected chi connectivity index (χ0v) is 15.9. The van der Waals surface area contributed by atoms with Crippen LogP contribution in [0.25, 0.3) is 0 Å². The van der Waals surface area contributed by atoms with Gasteiger partial charge in [-0.15, -0.1) is 0 Å². The van der Waals surface area contributed by atoms with Gasteiger partial charge >= 0.3 is 26.8 Å². The predicted molar refractivity (Wildman–Crippen MR) is 87.9 cm³/mol. The van der Waals surface area contributed by atoms with E-state index in [1.165, 1.54) is 0 Å². The number of aliphatic imine (C=N–C) groups is 1. The van der Waals surface area contributed by atoms with Crippen molar-refractivity contribution in [3.8, 4) is 0 Å². The molecule has 0 radical (unpaired) electrons. The van der Waals surface area contributed by atoms with E-state index in [-0.39, 0.29) is 5.06 Å². The van der Waals surface area contributed by atoms with Gasteiger partial charge in [0.15, 0.2) is 18.1 Å². The van der Waals surface area contributed by atoms with Crippen molar-refractivity contribution in [2.24, 2.45) is 10.7 Å². The summed E-state index contributed by atoms with van der Waals surface area (Å²) < 4.78 is 71.0. The third-order valence-electron chi connectivity index (χ3n) is 4.47. The minimum absolute atomic E-state index is 0.0812. The maximum absolute atomic E-state index is 11.7. The molecule has 4 atom stereocenters. The zero-order chi connectivity index (χ0) is 22.9. The average Bonchev–Trinajstić information content (AvgIpc) is 2.99. The molecule has 0 aromatic carbocycles. The van der Waals surface area contributed by atoms with Gasteiger partial charge in [-0.2, -0.15) is 26.6 Å². The number of carbonyl (C=O) groups excluding carboxylic acids is 1. The number of nitrogens with one attached hydrogen (secondary N) is 3. The van der Waals surface area contributed by atoms with Crippen LogP contribution in [0.15, 0.2) is 4.99 Å². The fourth-order valence-electron chi connectivity index (χ4n) is 3.46. The summed E-state index contributed by atoms with van der Waals surface area (Å²) >= 11 is 0. The minimum Gasteiger partial charge on any atom is -0.420 e. The van der Waals surface area contributed by atoms with E-state index in [2.05, 4.69) is 19.2 Å². The second-order valence-electron chi connectivity index (χ2n) is 6.24. The molecule has 3 heterocycles. The molecule has 30 heavy (non-hydrogen) atoms. The summed E-state index contributed by atoms with van der Waals surface area (Å²) in [5.41, 5.74) is 3.06. The topological polar surface area (TPSA) is 298 Å². The summed E-state index contributed by atoms with van der Waals surface area (Å²) in [6.45, 7) is -0.834. The molecule has 1 unspecified atom stereocenters. The van der Waals surface area contributed by atoms with Crippen LogP contribution in [-0.2, 0) is 29.6 Å². The van der Waals surface area contributed by atoms with Gasteiger partial charge in [0.25, 0.3) is 0 Å². The Labute approximate surface area is 167 Å². The van der Waals surface area contributed by atoms with Crippen LogP contribution in [0, 0.1) is 5.41 Å². The van der Waals surface area contributed by atoms with E-state index in [0.29, 0.717) is 4.90 Å². The first kappa shape index (κ1) is 22.2. The lowest BCUT2D eigenvalue weighted by Gasteiger charge is -2.52. The Morgan fingerprint density at radius 3 is 2.47 bits per heavy atom. The zero-order valence-electron chi connectivity index (χ0n) is 14.3. The van der Waals surface area contributed by atoms with Gasteiger partial charge in [-0.05, 0) is 0 Å². The molecule has 0 aliphatic carbocycles. The van der Waals surface area contributed by atoms with E-state index in [1.54, 1.807) is 0 Å². The van der Waals surface area contributed by atoms with Gasteiger partial charge in [-0.3, -0.25) is 19.7 Å². The van der Waals surface area contributed by atoms with E-state index >= 15 is 0 Å². The Kier molecular flexibility index (Phi) is 4.79. The molecule has 3 aliphatic heterocycles. The molecule has 10 N–H and O–H groups in total. The summed E-state index contributed by atoms with van der Waals surface area (Å²) in [5, 5.41) is 41.7. The quantitative estimate of drug-likeness (QED) is 0.135. The number of ether oxygens (including phenoxy) is 1. The molecular weight excluding hydrogens is 462 g/mol. The molecule has 1 spiro atoms. The molecule has 1 amide bonds. The number of nitrogens with zero attached hydrogens (tertiary/aromatic N) is 3. The lowest BCUT2D eigenvalue weighted by Crippen LogP contribution is -2.80. The highest BCUT2D eigenvalue weighted by molar-refractivity contribution is 7.84. The average molecular weight is 477 g/mol. The number of amides is 1. The summed E-state index contributed by atoms with van der Waals surface area (Å²) in [4.78, 5) is 16.1. The van der Waals surface area contributed by atoms with E-state index in [4.69, 9.17) is 20.2 Å². The molecule has 3 rings (SSSR count). The first-order chi connectivity index (χ1) is 13.5. The lowest BCUT2D eigenvalue weighted by molar-refractivity contribution is -0.278. The maximum atomic E-state index is 11.7. The van der Waals surface area contributed by atoms with Crippen molar-refractivity contribution in [2.75, 3.05) is 6.54 Å². The summed E-state index contributed by atoms with van der Waals surface area (Å²) in [6.07, 6.45) is -6.17. The Hall–Kier alpha value is -2.53. The van der Waals surface area contributed by atoms with E-state index in [0.717, 1.165) is 4.72 Å². The van der Waals surface area contributed by atoms with Crippen molar-refractivity contribution >= 4 is 38.7 Å². The number of hydrogen-bond acceptors (Lipinski definition) is 14. The number of rotatable bonds is 4. The Morgan fingerprint density at radius 2 is 1.93 bits per heavy atom. The van der Waals surface area contributed by atoms with E-state index < -0.39 is 75.1 Å². The lowest BCUT2D eigenvalue weighted by atomic mass is 9.88. The highest BCUT2D eigenvalue weighted by Gasteiger charge is 2.76. The molecule has 170 valence electrons. The largest absolute Gasteiger partial charge is 0.424 e. The SMILES string of the molecule is N=C1N(O)[C@H](OC(=O)NS(=O)(=O)O)[C@@H]2N=C(N)NC23N1C[C@@H](OS(=O)(=O)O)C3(O)O. The van der Waals surface area contributed by atoms with Gasteiger partial charge in [-0.25, -0.2) is 14.0 Å². The molecule has 0 aromatic heterocycles. The maximum Gasteiger partial charge on any atom is 0.424 e. The van der Waals surface area contributed by atoms with Crippen molar-refractivity contribution in [3.63, 3.8) is 0 Å². The fourth-order valence-corrected chi connectivity index (χ4v) is 4.21. The van der Waals surface area contributed by atoms with Crippen LogP contribution in [0.1, 0.15) is 0 Å². The standard InChI is InChI=1S/C9H15N7O12S2/c10-5-12-3-4(27-7(17)14-29(21,22)23)16(20)6(11)15-1-2(28-30(24,25)26)9(18,19)8(3,15)13-5/h2-4,11,18-20H,1H2,(H,14,17)(H3,10,12,13)(H,21,22,23)(H,24,25,26)/t2-,3+,4-,8?/m1/s1. The van der Waals surface area contributed by atoms with E-state index in [1.807, 2.05) is 0 Å². The number of nitrogens with two attached hydrogens (primary N) is 1. The molecule has 2 saturated heterocycles. The van der Waals surface area contributed by atoms with Crippen LogP contribution < -0.4 is 15.8 Å². The number of hydroxylamine groups is 2. The molecule has 21 heteroatoms. The number of guanidine groups is 2. The second kappa shape index (κ2) is 6.48.